The molecule has 0 aliphatic heterocycles. The van der Waals surface area contributed by atoms with Crippen LogP contribution in [0.3, 0.4) is 0 Å². The molecule has 1 aromatic carbocycles. The summed E-state index contributed by atoms with van der Waals surface area (Å²) in [6, 6.07) is 3.33. The lowest BCUT2D eigenvalue weighted by molar-refractivity contribution is -0.384. The number of nitrogens with two attached hydrogens (primary N) is 1. The zero-order valence-corrected chi connectivity index (χ0v) is 11.7. The number of hydrogen-bond acceptors (Lipinski definition) is 4. The molecule has 1 aromatic rings. The quantitative estimate of drug-likeness (QED) is 0.658. The maximum atomic E-state index is 11.9. The molecule has 1 atom stereocenters. The summed E-state index contributed by atoms with van der Waals surface area (Å²) in [4.78, 5) is 22.0. The van der Waals surface area contributed by atoms with Crippen LogP contribution in [0.4, 0.5) is 11.4 Å². The molecule has 0 unspecified atom stereocenters. The van der Waals surface area contributed by atoms with Gasteiger partial charge >= 0.3 is 0 Å². The first-order valence-electron chi connectivity index (χ1n) is 5.63. The first kappa shape index (κ1) is 15.4. The van der Waals surface area contributed by atoms with Gasteiger partial charge in [-0.25, -0.2) is 0 Å². The molecule has 0 spiro atoms. The number of nitrogens with zero attached hydrogens (tertiary/aromatic N) is 1. The van der Waals surface area contributed by atoms with Crippen molar-refractivity contribution in [1.82, 2.24) is 0 Å². The Morgan fingerprint density at radius 3 is 2.53 bits per heavy atom. The summed E-state index contributed by atoms with van der Waals surface area (Å²) in [6.07, 6.45) is 0. The van der Waals surface area contributed by atoms with Crippen LogP contribution in [0.15, 0.2) is 18.2 Å². The molecular formula is C12H16ClN3O3. The van der Waals surface area contributed by atoms with E-state index in [2.05, 4.69) is 5.32 Å². The predicted molar refractivity (Wildman–Crippen MR) is 74.2 cm³/mol. The van der Waals surface area contributed by atoms with Crippen LogP contribution in [0.1, 0.15) is 20.8 Å². The van der Waals surface area contributed by atoms with Crippen LogP contribution >= 0.6 is 11.6 Å². The van der Waals surface area contributed by atoms with Gasteiger partial charge < -0.3 is 11.1 Å². The number of amides is 1. The standard InChI is InChI=1S/C12H16ClN3O3/c1-12(2,3)10(14)11(17)15-7-4-5-8(13)9(6-7)16(18)19/h4-6,10H,14H2,1-3H3,(H,15,17)/t10-/m0/s1. The van der Waals surface area contributed by atoms with Gasteiger partial charge in [0.25, 0.3) is 5.69 Å². The highest BCUT2D eigenvalue weighted by atomic mass is 35.5. The summed E-state index contributed by atoms with van der Waals surface area (Å²) in [5.74, 6) is -0.399. The zero-order chi connectivity index (χ0) is 14.8. The maximum absolute atomic E-state index is 11.9. The molecule has 0 heterocycles. The molecule has 0 saturated carbocycles. The van der Waals surface area contributed by atoms with E-state index in [1.165, 1.54) is 18.2 Å². The second kappa shape index (κ2) is 5.54. The Kier molecular flexibility index (Phi) is 4.49. The number of rotatable bonds is 3. The van der Waals surface area contributed by atoms with Gasteiger partial charge in [-0.2, -0.15) is 0 Å². The van der Waals surface area contributed by atoms with E-state index in [4.69, 9.17) is 17.3 Å². The molecule has 0 radical (unpaired) electrons. The summed E-state index contributed by atoms with van der Waals surface area (Å²) in [6.45, 7) is 5.50. The van der Waals surface area contributed by atoms with Gasteiger partial charge in [0, 0.05) is 11.8 Å². The lowest BCUT2D eigenvalue weighted by Crippen LogP contribution is -2.45. The lowest BCUT2D eigenvalue weighted by atomic mass is 9.87. The highest BCUT2D eigenvalue weighted by Crippen LogP contribution is 2.28. The number of nitrogens with one attached hydrogen (secondary N) is 1. The van der Waals surface area contributed by atoms with Crippen LogP contribution in [-0.4, -0.2) is 16.9 Å². The van der Waals surface area contributed by atoms with Crippen molar-refractivity contribution in [3.63, 3.8) is 0 Å². The molecule has 6 nitrogen and oxygen atoms in total. The summed E-state index contributed by atoms with van der Waals surface area (Å²) in [7, 11) is 0. The third-order valence-electron chi connectivity index (χ3n) is 2.63. The van der Waals surface area contributed by atoms with Crippen LogP contribution in [-0.2, 0) is 4.79 Å². The minimum atomic E-state index is -0.720. The van der Waals surface area contributed by atoms with Gasteiger partial charge in [-0.1, -0.05) is 32.4 Å². The molecule has 0 aromatic heterocycles. The number of nitro benzene ring substituents is 1. The first-order valence-corrected chi connectivity index (χ1v) is 6.01. The second-order valence-corrected chi connectivity index (χ2v) is 5.66. The van der Waals surface area contributed by atoms with Crippen molar-refractivity contribution in [1.29, 1.82) is 0 Å². The van der Waals surface area contributed by atoms with Crippen LogP contribution in [0, 0.1) is 15.5 Å². The van der Waals surface area contributed by atoms with Crippen molar-refractivity contribution in [2.24, 2.45) is 11.1 Å². The van der Waals surface area contributed by atoms with Crippen LogP contribution in [0.5, 0.6) is 0 Å². The Balaban J connectivity index is 2.92. The fourth-order valence-corrected chi connectivity index (χ4v) is 1.53. The monoisotopic (exact) mass is 285 g/mol. The fourth-order valence-electron chi connectivity index (χ4n) is 1.34. The van der Waals surface area contributed by atoms with Crippen molar-refractivity contribution >= 4 is 28.9 Å². The number of anilines is 1. The van der Waals surface area contributed by atoms with Crippen molar-refractivity contribution in [3.05, 3.63) is 33.3 Å². The van der Waals surface area contributed by atoms with Gasteiger partial charge in [0.05, 0.1) is 11.0 Å². The van der Waals surface area contributed by atoms with Crippen LogP contribution in [0.2, 0.25) is 5.02 Å². The number of carbonyl (C=O) groups excluding carboxylic acids is 1. The molecule has 0 fully saturated rings. The summed E-state index contributed by atoms with van der Waals surface area (Å²) >= 11 is 5.68. The van der Waals surface area contributed by atoms with Crippen LogP contribution < -0.4 is 11.1 Å². The average Bonchev–Trinajstić information content (AvgIpc) is 2.29. The lowest BCUT2D eigenvalue weighted by Gasteiger charge is -2.25. The van der Waals surface area contributed by atoms with Gasteiger partial charge in [-0.15, -0.1) is 0 Å². The van der Waals surface area contributed by atoms with Gasteiger partial charge in [0.15, 0.2) is 0 Å². The molecule has 1 rings (SSSR count). The van der Waals surface area contributed by atoms with Crippen molar-refractivity contribution < 1.29 is 9.72 Å². The average molecular weight is 286 g/mol. The van der Waals surface area contributed by atoms with Crippen molar-refractivity contribution in [2.45, 2.75) is 26.8 Å². The highest BCUT2D eigenvalue weighted by molar-refractivity contribution is 6.32. The highest BCUT2D eigenvalue weighted by Gasteiger charge is 2.27. The number of halogens is 1. The third kappa shape index (κ3) is 3.90. The minimum Gasteiger partial charge on any atom is -0.324 e. The molecule has 0 bridgehead atoms. The maximum Gasteiger partial charge on any atom is 0.289 e. The van der Waals surface area contributed by atoms with E-state index in [-0.39, 0.29) is 10.7 Å². The van der Waals surface area contributed by atoms with Gasteiger partial charge in [0.2, 0.25) is 5.91 Å². The van der Waals surface area contributed by atoms with Crippen molar-refractivity contribution in [2.75, 3.05) is 5.32 Å². The predicted octanol–water partition coefficient (Wildman–Crippen LogP) is 2.56. The zero-order valence-electron chi connectivity index (χ0n) is 10.9. The Labute approximate surface area is 116 Å². The summed E-state index contributed by atoms with van der Waals surface area (Å²) in [5.41, 5.74) is 5.43. The van der Waals surface area contributed by atoms with Crippen molar-refractivity contribution in [3.8, 4) is 0 Å². The fraction of sp³-hybridized carbons (Fsp3) is 0.417. The van der Waals surface area contributed by atoms with E-state index < -0.39 is 22.3 Å². The first-order chi connectivity index (χ1) is 8.62. The molecule has 19 heavy (non-hydrogen) atoms. The Hall–Kier alpha value is -1.66. The SMILES string of the molecule is CC(C)(C)[C@@H](N)C(=O)Nc1ccc(Cl)c([N+](=O)[O-])c1. The molecule has 104 valence electrons. The summed E-state index contributed by atoms with van der Waals surface area (Å²) < 4.78 is 0. The Morgan fingerprint density at radius 2 is 2.05 bits per heavy atom. The molecule has 0 aliphatic carbocycles. The molecule has 0 saturated heterocycles. The molecular weight excluding hydrogens is 270 g/mol. The summed E-state index contributed by atoms with van der Waals surface area (Å²) in [5, 5.41) is 13.3. The second-order valence-electron chi connectivity index (χ2n) is 5.26. The number of carbonyl (C=O) groups is 1. The van der Waals surface area contributed by atoms with E-state index in [0.717, 1.165) is 0 Å². The van der Waals surface area contributed by atoms with E-state index in [1.54, 1.807) is 0 Å². The third-order valence-corrected chi connectivity index (χ3v) is 2.95. The molecule has 0 aliphatic rings. The number of nitro groups is 1. The minimum absolute atomic E-state index is 0.0168. The van der Waals surface area contributed by atoms with E-state index in [0.29, 0.717) is 5.69 Å². The van der Waals surface area contributed by atoms with E-state index in [1.807, 2.05) is 20.8 Å². The number of hydrogen-bond donors (Lipinski definition) is 2. The normalized spacial score (nSPS) is 12.9. The Bertz CT molecular complexity index is 511. The van der Waals surface area contributed by atoms with E-state index in [9.17, 15) is 14.9 Å². The molecule has 7 heteroatoms. The molecule has 3 N–H and O–H groups in total. The topological polar surface area (TPSA) is 98.3 Å². The van der Waals surface area contributed by atoms with Gasteiger partial charge in [-0.05, 0) is 17.5 Å². The smallest absolute Gasteiger partial charge is 0.289 e. The Morgan fingerprint density at radius 1 is 1.47 bits per heavy atom. The number of benzene rings is 1. The molecule has 1 amide bonds. The van der Waals surface area contributed by atoms with Gasteiger partial charge in [0.1, 0.15) is 5.02 Å². The van der Waals surface area contributed by atoms with Crippen LogP contribution in [0.25, 0.3) is 0 Å². The van der Waals surface area contributed by atoms with Gasteiger partial charge in [-0.3, -0.25) is 14.9 Å². The largest absolute Gasteiger partial charge is 0.324 e. The van der Waals surface area contributed by atoms with E-state index >= 15 is 0 Å².